The second-order valence-corrected chi connectivity index (χ2v) is 4.67. The van der Waals surface area contributed by atoms with Crippen molar-refractivity contribution in [3.05, 3.63) is 58.6 Å². The number of nitrogens with two attached hydrogens (primary N) is 1. The molecular formula is C15H15ClN2O2. The molecule has 0 saturated carbocycles. The molecule has 104 valence electrons. The Morgan fingerprint density at radius 1 is 1.25 bits per heavy atom. The summed E-state index contributed by atoms with van der Waals surface area (Å²) in [5.74, 6) is 0.250. The third-order valence-electron chi connectivity index (χ3n) is 2.90. The zero-order valence-electron chi connectivity index (χ0n) is 11.0. The highest BCUT2D eigenvalue weighted by atomic mass is 35.5. The number of benzene rings is 2. The number of amides is 1. The highest BCUT2D eigenvalue weighted by Crippen LogP contribution is 2.24. The molecule has 0 heterocycles. The van der Waals surface area contributed by atoms with Crippen LogP contribution >= 0.6 is 11.6 Å². The van der Waals surface area contributed by atoms with Crippen LogP contribution in [0.3, 0.4) is 0 Å². The van der Waals surface area contributed by atoms with Crippen molar-refractivity contribution in [1.29, 1.82) is 0 Å². The zero-order valence-corrected chi connectivity index (χ0v) is 11.8. The molecule has 0 fully saturated rings. The van der Waals surface area contributed by atoms with Gasteiger partial charge in [-0.25, -0.2) is 0 Å². The van der Waals surface area contributed by atoms with E-state index in [0.717, 1.165) is 5.56 Å². The monoisotopic (exact) mass is 290 g/mol. The van der Waals surface area contributed by atoms with E-state index in [9.17, 15) is 4.79 Å². The van der Waals surface area contributed by atoms with Gasteiger partial charge in [0.25, 0.3) is 5.91 Å². The van der Waals surface area contributed by atoms with E-state index >= 15 is 0 Å². The van der Waals surface area contributed by atoms with Crippen LogP contribution in [0.15, 0.2) is 42.5 Å². The van der Waals surface area contributed by atoms with Crippen molar-refractivity contribution in [2.75, 3.05) is 12.8 Å². The molecule has 0 saturated heterocycles. The van der Waals surface area contributed by atoms with Crippen molar-refractivity contribution in [3.63, 3.8) is 0 Å². The van der Waals surface area contributed by atoms with E-state index in [0.29, 0.717) is 28.6 Å². The van der Waals surface area contributed by atoms with Crippen molar-refractivity contribution in [2.24, 2.45) is 0 Å². The molecule has 20 heavy (non-hydrogen) atoms. The normalized spacial score (nSPS) is 10.1. The highest BCUT2D eigenvalue weighted by molar-refractivity contribution is 6.30. The number of anilines is 1. The molecule has 0 atom stereocenters. The first-order valence-electron chi connectivity index (χ1n) is 6.07. The Hall–Kier alpha value is -2.20. The van der Waals surface area contributed by atoms with Crippen LogP contribution in [-0.2, 0) is 6.54 Å². The summed E-state index contributed by atoms with van der Waals surface area (Å²) in [6.07, 6.45) is 0. The van der Waals surface area contributed by atoms with Crippen molar-refractivity contribution < 1.29 is 9.53 Å². The molecule has 0 radical (unpaired) electrons. The van der Waals surface area contributed by atoms with Crippen molar-refractivity contribution in [3.8, 4) is 5.75 Å². The Labute approximate surface area is 122 Å². The molecule has 2 rings (SSSR count). The molecule has 5 heteroatoms. The van der Waals surface area contributed by atoms with Crippen LogP contribution in [0.25, 0.3) is 0 Å². The number of rotatable bonds is 4. The molecule has 0 aromatic heterocycles. The van der Waals surface area contributed by atoms with E-state index < -0.39 is 0 Å². The molecule has 0 unspecified atom stereocenters. The third-order valence-corrected chi connectivity index (χ3v) is 3.15. The van der Waals surface area contributed by atoms with Crippen LogP contribution in [0.2, 0.25) is 5.02 Å². The summed E-state index contributed by atoms with van der Waals surface area (Å²) in [6.45, 7) is 0.409. The van der Waals surface area contributed by atoms with Crippen LogP contribution in [0.5, 0.6) is 5.75 Å². The van der Waals surface area contributed by atoms with Gasteiger partial charge in [0.2, 0.25) is 0 Å². The predicted octanol–water partition coefficient (Wildman–Crippen LogP) is 2.86. The number of nitrogens with one attached hydrogen (secondary N) is 1. The molecule has 0 aliphatic rings. The van der Waals surface area contributed by atoms with Crippen LogP contribution < -0.4 is 15.8 Å². The first kappa shape index (κ1) is 14.2. The van der Waals surface area contributed by atoms with E-state index in [1.165, 1.54) is 7.11 Å². The lowest BCUT2D eigenvalue weighted by Crippen LogP contribution is -2.23. The van der Waals surface area contributed by atoms with Gasteiger partial charge in [-0.15, -0.1) is 0 Å². The molecule has 0 bridgehead atoms. The smallest absolute Gasteiger partial charge is 0.253 e. The van der Waals surface area contributed by atoms with E-state index in [1.54, 1.807) is 30.3 Å². The molecule has 0 aliphatic heterocycles. The second kappa shape index (κ2) is 6.30. The number of carbonyl (C=O) groups is 1. The number of hydrogen-bond acceptors (Lipinski definition) is 3. The summed E-state index contributed by atoms with van der Waals surface area (Å²) in [4.78, 5) is 12.1. The molecule has 0 aliphatic carbocycles. The van der Waals surface area contributed by atoms with Gasteiger partial charge in [-0.2, -0.15) is 0 Å². The van der Waals surface area contributed by atoms with Crippen LogP contribution in [0.4, 0.5) is 5.69 Å². The fourth-order valence-electron chi connectivity index (χ4n) is 1.80. The zero-order chi connectivity index (χ0) is 14.5. The second-order valence-electron chi connectivity index (χ2n) is 4.23. The standard InChI is InChI=1S/C15H15ClN2O2/c1-20-13-4-2-3-12(14(13)17)15(19)18-9-10-5-7-11(16)8-6-10/h2-8H,9,17H2,1H3,(H,18,19). The number of hydrogen-bond donors (Lipinski definition) is 2. The minimum Gasteiger partial charge on any atom is -0.495 e. The number of ether oxygens (including phenoxy) is 1. The van der Waals surface area contributed by atoms with Crippen molar-refractivity contribution in [2.45, 2.75) is 6.54 Å². The Morgan fingerprint density at radius 2 is 1.95 bits per heavy atom. The first-order valence-corrected chi connectivity index (χ1v) is 6.44. The van der Waals surface area contributed by atoms with Crippen molar-refractivity contribution in [1.82, 2.24) is 5.32 Å². The van der Waals surface area contributed by atoms with E-state index in [4.69, 9.17) is 22.1 Å². The van der Waals surface area contributed by atoms with Gasteiger partial charge in [-0.05, 0) is 29.8 Å². The number of carbonyl (C=O) groups excluding carboxylic acids is 1. The largest absolute Gasteiger partial charge is 0.495 e. The lowest BCUT2D eigenvalue weighted by atomic mass is 10.1. The third kappa shape index (κ3) is 3.22. The Bertz CT molecular complexity index is 612. The Kier molecular flexibility index (Phi) is 4.48. The number of nitrogen functional groups attached to an aromatic ring is 1. The van der Waals surface area contributed by atoms with Gasteiger partial charge >= 0.3 is 0 Å². The van der Waals surface area contributed by atoms with Gasteiger partial charge in [0.1, 0.15) is 5.75 Å². The SMILES string of the molecule is COc1cccc(C(=O)NCc2ccc(Cl)cc2)c1N. The summed E-state index contributed by atoms with van der Waals surface area (Å²) in [6, 6.07) is 12.4. The van der Waals surface area contributed by atoms with Crippen LogP contribution in [0.1, 0.15) is 15.9 Å². The van der Waals surface area contributed by atoms with Gasteiger partial charge in [-0.1, -0.05) is 29.8 Å². The van der Waals surface area contributed by atoms with Crippen molar-refractivity contribution >= 4 is 23.2 Å². The maximum absolute atomic E-state index is 12.1. The van der Waals surface area contributed by atoms with E-state index in [-0.39, 0.29) is 5.91 Å². The average molecular weight is 291 g/mol. The average Bonchev–Trinajstić information content (AvgIpc) is 2.46. The minimum atomic E-state index is -0.239. The molecule has 3 N–H and O–H groups in total. The van der Waals surface area contributed by atoms with Crippen LogP contribution in [0, 0.1) is 0 Å². The van der Waals surface area contributed by atoms with Gasteiger partial charge in [0.15, 0.2) is 0 Å². The quantitative estimate of drug-likeness (QED) is 0.851. The fraction of sp³-hybridized carbons (Fsp3) is 0.133. The number of halogens is 1. The highest BCUT2D eigenvalue weighted by Gasteiger charge is 2.12. The van der Waals surface area contributed by atoms with Gasteiger partial charge < -0.3 is 15.8 Å². The lowest BCUT2D eigenvalue weighted by Gasteiger charge is -2.10. The molecule has 1 amide bonds. The number of para-hydroxylation sites is 1. The summed E-state index contributed by atoms with van der Waals surface area (Å²) >= 11 is 5.81. The molecular weight excluding hydrogens is 276 g/mol. The molecule has 0 spiro atoms. The van der Waals surface area contributed by atoms with Gasteiger partial charge in [-0.3, -0.25) is 4.79 Å². The molecule has 2 aromatic carbocycles. The van der Waals surface area contributed by atoms with E-state index in [1.807, 2.05) is 12.1 Å². The first-order chi connectivity index (χ1) is 9.61. The van der Waals surface area contributed by atoms with Crippen LogP contribution in [-0.4, -0.2) is 13.0 Å². The Morgan fingerprint density at radius 3 is 2.60 bits per heavy atom. The number of methoxy groups -OCH3 is 1. The maximum Gasteiger partial charge on any atom is 0.253 e. The summed E-state index contributed by atoms with van der Waals surface area (Å²) in [5, 5.41) is 3.47. The minimum absolute atomic E-state index is 0.239. The lowest BCUT2D eigenvalue weighted by molar-refractivity contribution is 0.0951. The Balaban J connectivity index is 2.07. The fourth-order valence-corrected chi connectivity index (χ4v) is 1.93. The topological polar surface area (TPSA) is 64.3 Å². The summed E-state index contributed by atoms with van der Waals surface area (Å²) < 4.78 is 5.09. The predicted molar refractivity (Wildman–Crippen MR) is 80.0 cm³/mol. The van der Waals surface area contributed by atoms with Gasteiger partial charge in [0, 0.05) is 11.6 Å². The molecule has 4 nitrogen and oxygen atoms in total. The molecule has 2 aromatic rings. The maximum atomic E-state index is 12.1. The summed E-state index contributed by atoms with van der Waals surface area (Å²) in [5.41, 5.74) is 7.58. The van der Waals surface area contributed by atoms with E-state index in [2.05, 4.69) is 5.32 Å². The summed E-state index contributed by atoms with van der Waals surface area (Å²) in [7, 11) is 1.51. The van der Waals surface area contributed by atoms with Gasteiger partial charge in [0.05, 0.1) is 18.4 Å².